The van der Waals surface area contributed by atoms with Crippen molar-refractivity contribution in [2.75, 3.05) is 31.6 Å². The van der Waals surface area contributed by atoms with Gasteiger partial charge in [-0.25, -0.2) is 0 Å². The molecule has 1 saturated heterocycles. The fourth-order valence-corrected chi connectivity index (χ4v) is 2.79. The first-order chi connectivity index (χ1) is 6.83. The van der Waals surface area contributed by atoms with Crippen molar-refractivity contribution in [2.45, 2.75) is 19.3 Å². The summed E-state index contributed by atoms with van der Waals surface area (Å²) in [7, 11) is 1.68. The zero-order valence-electron chi connectivity index (χ0n) is 8.84. The fraction of sp³-hybridized carbons (Fsp3) is 0.900. The molecule has 1 aliphatic rings. The van der Waals surface area contributed by atoms with Gasteiger partial charge in [0.15, 0.2) is 0 Å². The number of hydrogen-bond donors (Lipinski definition) is 2. The van der Waals surface area contributed by atoms with Gasteiger partial charge in [0.05, 0.1) is 0 Å². The minimum atomic E-state index is 0.122. The van der Waals surface area contributed by atoms with E-state index < -0.39 is 0 Å². The highest BCUT2D eigenvalue weighted by Crippen LogP contribution is 2.21. The summed E-state index contributed by atoms with van der Waals surface area (Å²) < 4.78 is 0. The van der Waals surface area contributed by atoms with E-state index in [-0.39, 0.29) is 5.91 Å². The summed E-state index contributed by atoms with van der Waals surface area (Å²) in [5.41, 5.74) is 0. The smallest absolute Gasteiger partial charge is 0.221 e. The van der Waals surface area contributed by atoms with Crippen molar-refractivity contribution >= 4 is 17.7 Å². The molecule has 3 nitrogen and oxygen atoms in total. The van der Waals surface area contributed by atoms with Crippen molar-refractivity contribution in [3.63, 3.8) is 0 Å². The predicted molar refractivity (Wildman–Crippen MR) is 61.6 cm³/mol. The standard InChI is InChI=1S/C10H20N2OS/c1-11-10(13)2-5-12-8-9-3-6-14-7-4-9/h9,12H,2-8H2,1H3,(H,11,13). The van der Waals surface area contributed by atoms with Crippen molar-refractivity contribution in [1.29, 1.82) is 0 Å². The molecule has 2 N–H and O–H groups in total. The molecule has 4 heteroatoms. The summed E-state index contributed by atoms with van der Waals surface area (Å²) >= 11 is 2.05. The van der Waals surface area contributed by atoms with Crippen LogP contribution in [0.2, 0.25) is 0 Å². The quantitative estimate of drug-likeness (QED) is 0.670. The molecular weight excluding hydrogens is 196 g/mol. The number of hydrogen-bond acceptors (Lipinski definition) is 3. The van der Waals surface area contributed by atoms with Crippen molar-refractivity contribution < 1.29 is 4.79 Å². The first-order valence-electron chi connectivity index (χ1n) is 5.32. The van der Waals surface area contributed by atoms with Gasteiger partial charge in [0.2, 0.25) is 5.91 Å². The van der Waals surface area contributed by atoms with Crippen molar-refractivity contribution in [1.82, 2.24) is 10.6 Å². The Kier molecular flexibility index (Phi) is 6.03. The molecular formula is C10H20N2OS. The fourth-order valence-electron chi connectivity index (χ4n) is 1.58. The number of amides is 1. The molecule has 0 aromatic heterocycles. The van der Waals surface area contributed by atoms with E-state index in [0.717, 1.165) is 19.0 Å². The normalized spacial score (nSPS) is 18.1. The first kappa shape index (κ1) is 11.9. The van der Waals surface area contributed by atoms with E-state index in [0.29, 0.717) is 6.42 Å². The molecule has 14 heavy (non-hydrogen) atoms. The molecule has 0 unspecified atom stereocenters. The first-order valence-corrected chi connectivity index (χ1v) is 6.47. The Morgan fingerprint density at radius 3 is 2.79 bits per heavy atom. The van der Waals surface area contributed by atoms with E-state index in [1.165, 1.54) is 24.3 Å². The third kappa shape index (κ3) is 4.86. The van der Waals surface area contributed by atoms with Crippen LogP contribution in [0.15, 0.2) is 0 Å². The van der Waals surface area contributed by atoms with Gasteiger partial charge in [-0.3, -0.25) is 4.79 Å². The Morgan fingerprint density at radius 1 is 1.43 bits per heavy atom. The van der Waals surface area contributed by atoms with Gasteiger partial charge in [-0.2, -0.15) is 11.8 Å². The van der Waals surface area contributed by atoms with Crippen molar-refractivity contribution in [3.05, 3.63) is 0 Å². The minimum absolute atomic E-state index is 0.122. The van der Waals surface area contributed by atoms with Crippen LogP contribution < -0.4 is 10.6 Å². The van der Waals surface area contributed by atoms with Crippen molar-refractivity contribution in [3.8, 4) is 0 Å². The number of carbonyl (C=O) groups excluding carboxylic acids is 1. The average Bonchev–Trinajstić information content (AvgIpc) is 2.25. The van der Waals surface area contributed by atoms with Gasteiger partial charge in [0.1, 0.15) is 0 Å². The molecule has 1 heterocycles. The lowest BCUT2D eigenvalue weighted by Crippen LogP contribution is -2.29. The third-order valence-corrected chi connectivity index (χ3v) is 3.63. The number of nitrogens with one attached hydrogen (secondary N) is 2. The van der Waals surface area contributed by atoms with Crippen LogP contribution in [0.5, 0.6) is 0 Å². The average molecular weight is 216 g/mol. The molecule has 1 amide bonds. The summed E-state index contributed by atoms with van der Waals surface area (Å²) in [5, 5.41) is 5.97. The second kappa shape index (κ2) is 7.12. The highest BCUT2D eigenvalue weighted by atomic mass is 32.2. The van der Waals surface area contributed by atoms with Crippen LogP contribution in [0, 0.1) is 5.92 Å². The monoisotopic (exact) mass is 216 g/mol. The molecule has 0 radical (unpaired) electrons. The molecule has 1 rings (SSSR count). The van der Waals surface area contributed by atoms with Crippen molar-refractivity contribution in [2.24, 2.45) is 5.92 Å². The lowest BCUT2D eigenvalue weighted by Gasteiger charge is -2.21. The zero-order valence-corrected chi connectivity index (χ0v) is 9.66. The summed E-state index contributed by atoms with van der Waals surface area (Å²) in [5.74, 6) is 3.57. The molecule has 0 atom stereocenters. The topological polar surface area (TPSA) is 41.1 Å². The van der Waals surface area contributed by atoms with Gasteiger partial charge in [-0.05, 0) is 36.8 Å². The van der Waals surface area contributed by atoms with Gasteiger partial charge in [0.25, 0.3) is 0 Å². The second-order valence-corrected chi connectivity index (χ2v) is 4.91. The number of thioether (sulfide) groups is 1. The van der Waals surface area contributed by atoms with E-state index in [4.69, 9.17) is 0 Å². The second-order valence-electron chi connectivity index (χ2n) is 3.68. The Morgan fingerprint density at radius 2 is 2.14 bits per heavy atom. The molecule has 0 saturated carbocycles. The van der Waals surface area contributed by atoms with Crippen LogP contribution in [0.4, 0.5) is 0 Å². The van der Waals surface area contributed by atoms with Gasteiger partial charge >= 0.3 is 0 Å². The molecule has 1 fully saturated rings. The Balaban J connectivity index is 1.94. The van der Waals surface area contributed by atoms with Crippen LogP contribution in [0.1, 0.15) is 19.3 Å². The van der Waals surface area contributed by atoms with Gasteiger partial charge < -0.3 is 10.6 Å². The van der Waals surface area contributed by atoms with E-state index in [9.17, 15) is 4.79 Å². The summed E-state index contributed by atoms with van der Waals surface area (Å²) in [6.45, 7) is 1.89. The largest absolute Gasteiger partial charge is 0.359 e. The lowest BCUT2D eigenvalue weighted by atomic mass is 10.0. The molecule has 0 aliphatic carbocycles. The SMILES string of the molecule is CNC(=O)CCNCC1CCSCC1. The Bertz CT molecular complexity index is 170. The van der Waals surface area contributed by atoms with E-state index in [2.05, 4.69) is 22.4 Å². The van der Waals surface area contributed by atoms with E-state index in [1.54, 1.807) is 7.05 Å². The maximum Gasteiger partial charge on any atom is 0.221 e. The van der Waals surface area contributed by atoms with Crippen LogP contribution in [-0.2, 0) is 4.79 Å². The molecule has 82 valence electrons. The van der Waals surface area contributed by atoms with Gasteiger partial charge in [-0.1, -0.05) is 0 Å². The summed E-state index contributed by atoms with van der Waals surface area (Å²) in [6.07, 6.45) is 3.26. The highest BCUT2D eigenvalue weighted by Gasteiger charge is 2.12. The zero-order chi connectivity index (χ0) is 10.2. The minimum Gasteiger partial charge on any atom is -0.359 e. The highest BCUT2D eigenvalue weighted by molar-refractivity contribution is 7.99. The van der Waals surface area contributed by atoms with Crippen LogP contribution in [0.3, 0.4) is 0 Å². The number of carbonyl (C=O) groups is 1. The number of rotatable bonds is 5. The molecule has 0 aromatic rings. The van der Waals surface area contributed by atoms with Crippen LogP contribution in [-0.4, -0.2) is 37.6 Å². The lowest BCUT2D eigenvalue weighted by molar-refractivity contribution is -0.120. The summed E-state index contributed by atoms with van der Waals surface area (Å²) in [4.78, 5) is 10.9. The molecule has 1 aliphatic heterocycles. The Labute approximate surface area is 90.4 Å². The van der Waals surface area contributed by atoms with E-state index >= 15 is 0 Å². The molecule has 0 spiro atoms. The van der Waals surface area contributed by atoms with Crippen LogP contribution in [0.25, 0.3) is 0 Å². The van der Waals surface area contributed by atoms with E-state index in [1.807, 2.05) is 0 Å². The molecule has 0 bridgehead atoms. The predicted octanol–water partition coefficient (Wildman–Crippen LogP) is 0.855. The van der Waals surface area contributed by atoms with Crippen LogP contribution >= 0.6 is 11.8 Å². The third-order valence-electron chi connectivity index (χ3n) is 2.58. The maximum absolute atomic E-state index is 10.9. The van der Waals surface area contributed by atoms with Gasteiger partial charge in [0, 0.05) is 20.0 Å². The summed E-state index contributed by atoms with van der Waals surface area (Å²) in [6, 6.07) is 0. The molecule has 0 aromatic carbocycles. The van der Waals surface area contributed by atoms with Gasteiger partial charge in [-0.15, -0.1) is 0 Å². The Hall–Kier alpha value is -0.220. The maximum atomic E-state index is 10.9.